The van der Waals surface area contributed by atoms with Gasteiger partial charge >= 0.3 is 0 Å². The number of methoxy groups -OCH3 is 1. The van der Waals surface area contributed by atoms with E-state index in [0.29, 0.717) is 5.92 Å². The average molecular weight is 213 g/mol. The van der Waals surface area contributed by atoms with Gasteiger partial charge in [-0.3, -0.25) is 0 Å². The molecule has 1 aliphatic carbocycles. The van der Waals surface area contributed by atoms with Gasteiger partial charge in [0.1, 0.15) is 0 Å². The van der Waals surface area contributed by atoms with Crippen LogP contribution in [0.4, 0.5) is 0 Å². The Hall–Kier alpha value is -0.120. The fourth-order valence-corrected chi connectivity index (χ4v) is 2.76. The van der Waals surface area contributed by atoms with E-state index in [9.17, 15) is 0 Å². The van der Waals surface area contributed by atoms with Crippen molar-refractivity contribution in [1.29, 1.82) is 0 Å². The molecule has 0 aromatic carbocycles. The number of hydrogen-bond acceptors (Lipinski definition) is 3. The zero-order valence-electron chi connectivity index (χ0n) is 9.71. The standard InChI is InChI=1S/C12H23NO2/c1-14-12(5-3-6-12)8-11(13)10-4-2-7-15-9-10/h10-11H,2-9,13H2,1H3. The molecule has 2 aliphatic rings. The summed E-state index contributed by atoms with van der Waals surface area (Å²) in [6.45, 7) is 1.76. The summed E-state index contributed by atoms with van der Waals surface area (Å²) in [5.41, 5.74) is 6.37. The van der Waals surface area contributed by atoms with Crippen molar-refractivity contribution >= 4 is 0 Å². The SMILES string of the molecule is COC1(CC(N)C2CCCOC2)CCC1. The molecule has 3 nitrogen and oxygen atoms in total. The Labute approximate surface area is 92.3 Å². The molecule has 0 aromatic rings. The Kier molecular flexibility index (Phi) is 3.65. The van der Waals surface area contributed by atoms with Gasteiger partial charge in [0.2, 0.25) is 0 Å². The van der Waals surface area contributed by atoms with Crippen LogP contribution in [0.2, 0.25) is 0 Å². The van der Waals surface area contributed by atoms with Crippen molar-refractivity contribution in [1.82, 2.24) is 0 Å². The van der Waals surface area contributed by atoms with E-state index in [1.54, 1.807) is 0 Å². The van der Waals surface area contributed by atoms with Crippen LogP contribution in [-0.2, 0) is 9.47 Å². The van der Waals surface area contributed by atoms with Crippen molar-refractivity contribution in [2.24, 2.45) is 11.7 Å². The van der Waals surface area contributed by atoms with Crippen molar-refractivity contribution in [3.05, 3.63) is 0 Å². The highest BCUT2D eigenvalue weighted by molar-refractivity contribution is 4.94. The van der Waals surface area contributed by atoms with E-state index in [-0.39, 0.29) is 11.6 Å². The number of nitrogens with two attached hydrogens (primary N) is 1. The maximum absolute atomic E-state index is 6.26. The van der Waals surface area contributed by atoms with E-state index in [1.807, 2.05) is 7.11 Å². The van der Waals surface area contributed by atoms with E-state index in [0.717, 1.165) is 19.6 Å². The van der Waals surface area contributed by atoms with Gasteiger partial charge in [-0.25, -0.2) is 0 Å². The van der Waals surface area contributed by atoms with Gasteiger partial charge in [-0.1, -0.05) is 0 Å². The molecule has 0 bridgehead atoms. The lowest BCUT2D eigenvalue weighted by Crippen LogP contribution is -2.48. The van der Waals surface area contributed by atoms with Gasteiger partial charge in [0.05, 0.1) is 12.2 Å². The smallest absolute Gasteiger partial charge is 0.0693 e. The molecule has 1 saturated heterocycles. The first-order valence-corrected chi connectivity index (χ1v) is 6.14. The minimum absolute atomic E-state index is 0.108. The van der Waals surface area contributed by atoms with Gasteiger partial charge in [-0.05, 0) is 44.4 Å². The third-order valence-electron chi connectivity index (χ3n) is 4.11. The second-order valence-electron chi connectivity index (χ2n) is 5.09. The van der Waals surface area contributed by atoms with E-state index in [4.69, 9.17) is 15.2 Å². The molecule has 0 radical (unpaired) electrons. The summed E-state index contributed by atoms with van der Waals surface area (Å²) in [5, 5.41) is 0. The van der Waals surface area contributed by atoms with Crippen LogP contribution in [0.1, 0.15) is 38.5 Å². The molecule has 2 rings (SSSR count). The van der Waals surface area contributed by atoms with Crippen LogP contribution in [0.3, 0.4) is 0 Å². The summed E-state index contributed by atoms with van der Waals surface area (Å²) >= 11 is 0. The molecule has 2 fully saturated rings. The predicted octanol–water partition coefficient (Wildman–Crippen LogP) is 1.70. The second kappa shape index (κ2) is 4.81. The van der Waals surface area contributed by atoms with Crippen LogP contribution in [0.5, 0.6) is 0 Å². The Morgan fingerprint density at radius 1 is 1.47 bits per heavy atom. The molecule has 2 N–H and O–H groups in total. The normalized spacial score (nSPS) is 32.0. The first-order chi connectivity index (χ1) is 7.26. The fourth-order valence-electron chi connectivity index (χ4n) is 2.76. The van der Waals surface area contributed by atoms with Crippen molar-refractivity contribution in [3.8, 4) is 0 Å². The van der Waals surface area contributed by atoms with Crippen molar-refractivity contribution < 1.29 is 9.47 Å². The average Bonchev–Trinajstić information content (AvgIpc) is 2.24. The fraction of sp³-hybridized carbons (Fsp3) is 1.00. The lowest BCUT2D eigenvalue weighted by atomic mass is 9.73. The first kappa shape index (κ1) is 11.4. The Morgan fingerprint density at radius 3 is 2.73 bits per heavy atom. The number of hydrogen-bond donors (Lipinski definition) is 1. The van der Waals surface area contributed by atoms with Crippen LogP contribution in [-0.4, -0.2) is 32.0 Å². The van der Waals surface area contributed by atoms with Crippen LogP contribution >= 0.6 is 0 Å². The number of ether oxygens (including phenoxy) is 2. The molecule has 88 valence electrons. The van der Waals surface area contributed by atoms with Crippen LogP contribution < -0.4 is 5.73 Å². The van der Waals surface area contributed by atoms with E-state index < -0.39 is 0 Å². The van der Waals surface area contributed by atoms with Crippen molar-refractivity contribution in [3.63, 3.8) is 0 Å². The topological polar surface area (TPSA) is 44.5 Å². The van der Waals surface area contributed by atoms with Crippen LogP contribution in [0.15, 0.2) is 0 Å². The highest BCUT2D eigenvalue weighted by atomic mass is 16.5. The zero-order valence-corrected chi connectivity index (χ0v) is 9.71. The van der Waals surface area contributed by atoms with E-state index in [2.05, 4.69) is 0 Å². The molecule has 1 heterocycles. The molecule has 0 spiro atoms. The van der Waals surface area contributed by atoms with Gasteiger partial charge in [0.15, 0.2) is 0 Å². The summed E-state index contributed by atoms with van der Waals surface area (Å²) in [6.07, 6.45) is 7.06. The monoisotopic (exact) mass is 213 g/mol. The summed E-state index contributed by atoms with van der Waals surface area (Å²) in [6, 6.07) is 0.255. The lowest BCUT2D eigenvalue weighted by molar-refractivity contribution is -0.0885. The zero-order chi connectivity index (χ0) is 10.7. The number of rotatable bonds is 4. The van der Waals surface area contributed by atoms with Gasteiger partial charge in [-0.15, -0.1) is 0 Å². The third-order valence-corrected chi connectivity index (χ3v) is 4.11. The van der Waals surface area contributed by atoms with Crippen LogP contribution in [0.25, 0.3) is 0 Å². The van der Waals surface area contributed by atoms with Crippen molar-refractivity contribution in [2.45, 2.75) is 50.2 Å². The largest absolute Gasteiger partial charge is 0.381 e. The highest BCUT2D eigenvalue weighted by Crippen LogP contribution is 2.40. The van der Waals surface area contributed by atoms with E-state index in [1.165, 1.54) is 32.1 Å². The highest BCUT2D eigenvalue weighted by Gasteiger charge is 2.39. The van der Waals surface area contributed by atoms with Gasteiger partial charge in [-0.2, -0.15) is 0 Å². The first-order valence-electron chi connectivity index (χ1n) is 6.14. The predicted molar refractivity (Wildman–Crippen MR) is 59.7 cm³/mol. The Balaban J connectivity index is 1.82. The lowest BCUT2D eigenvalue weighted by Gasteiger charge is -2.43. The third kappa shape index (κ3) is 2.52. The summed E-state index contributed by atoms with van der Waals surface area (Å²) in [4.78, 5) is 0. The second-order valence-corrected chi connectivity index (χ2v) is 5.09. The maximum atomic E-state index is 6.26. The molecule has 2 unspecified atom stereocenters. The Bertz CT molecular complexity index is 192. The Morgan fingerprint density at radius 2 is 2.27 bits per heavy atom. The van der Waals surface area contributed by atoms with Gasteiger partial charge in [0, 0.05) is 19.8 Å². The quantitative estimate of drug-likeness (QED) is 0.773. The molecule has 3 heteroatoms. The molecule has 1 saturated carbocycles. The molecule has 0 amide bonds. The molecule has 1 aliphatic heterocycles. The van der Waals surface area contributed by atoms with Crippen LogP contribution in [0, 0.1) is 5.92 Å². The molecule has 15 heavy (non-hydrogen) atoms. The minimum Gasteiger partial charge on any atom is -0.381 e. The van der Waals surface area contributed by atoms with Gasteiger partial charge in [0.25, 0.3) is 0 Å². The van der Waals surface area contributed by atoms with Crippen molar-refractivity contribution in [2.75, 3.05) is 20.3 Å². The minimum atomic E-state index is 0.108. The molecular weight excluding hydrogens is 190 g/mol. The van der Waals surface area contributed by atoms with Gasteiger partial charge < -0.3 is 15.2 Å². The van der Waals surface area contributed by atoms with E-state index >= 15 is 0 Å². The molecule has 0 aromatic heterocycles. The molecular formula is C12H23NO2. The summed E-state index contributed by atoms with van der Waals surface area (Å²) in [7, 11) is 1.82. The summed E-state index contributed by atoms with van der Waals surface area (Å²) < 4.78 is 11.1. The maximum Gasteiger partial charge on any atom is 0.0693 e. The summed E-state index contributed by atoms with van der Waals surface area (Å²) in [5.74, 6) is 0.548. The molecule has 2 atom stereocenters.